The molecule has 0 saturated carbocycles. The first-order valence-electron chi connectivity index (χ1n) is 5.78. The lowest BCUT2D eigenvalue weighted by Crippen LogP contribution is -2.50. The Morgan fingerprint density at radius 3 is 2.11 bits per heavy atom. The molecular weight excluding hydrogens is 256 g/mol. The molecule has 1 saturated heterocycles. The Kier molecular flexibility index (Phi) is 3.42. The molecule has 0 bridgehead atoms. The van der Waals surface area contributed by atoms with Crippen LogP contribution in [-0.4, -0.2) is 22.6 Å². The van der Waals surface area contributed by atoms with E-state index in [4.69, 9.17) is 0 Å². The molecule has 0 aliphatic carbocycles. The Bertz CT molecular complexity index is 512. The first-order valence-corrected chi connectivity index (χ1v) is 5.78. The predicted molar refractivity (Wildman–Crippen MR) is 61.0 cm³/mol. The summed E-state index contributed by atoms with van der Waals surface area (Å²) in [5.74, 6) is -7.38. The van der Waals surface area contributed by atoms with Gasteiger partial charge in [0, 0.05) is 18.4 Å². The zero-order chi connectivity index (χ0) is 14.0. The molecule has 0 aromatic heterocycles. The van der Waals surface area contributed by atoms with Crippen molar-refractivity contribution in [3.8, 4) is 0 Å². The minimum Gasteiger partial charge on any atom is -0.274 e. The van der Waals surface area contributed by atoms with Crippen molar-refractivity contribution in [2.24, 2.45) is 0 Å². The molecule has 0 radical (unpaired) electrons. The minimum atomic E-state index is -3.88. The number of rotatable bonds is 2. The first-order chi connectivity index (χ1) is 8.94. The molecule has 1 aliphatic rings. The van der Waals surface area contributed by atoms with E-state index in [1.54, 1.807) is 0 Å². The van der Waals surface area contributed by atoms with Crippen molar-refractivity contribution in [1.29, 1.82) is 0 Å². The zero-order valence-corrected chi connectivity index (χ0v) is 9.94. The number of alkyl halides is 2. The third kappa shape index (κ3) is 2.38. The van der Waals surface area contributed by atoms with Crippen LogP contribution in [0.2, 0.25) is 0 Å². The number of carbonyl (C=O) groups is 3. The van der Waals surface area contributed by atoms with Crippen LogP contribution >= 0.6 is 0 Å². The molecule has 0 spiro atoms. The third-order valence-corrected chi connectivity index (χ3v) is 2.89. The SMILES string of the molecule is O=C1CCCC(=O)N1C(=O)C(F)(F)c1ccccc1. The monoisotopic (exact) mass is 267 g/mol. The van der Waals surface area contributed by atoms with Gasteiger partial charge in [0.2, 0.25) is 11.8 Å². The van der Waals surface area contributed by atoms with Crippen LogP contribution in [0.4, 0.5) is 8.78 Å². The smallest absolute Gasteiger partial charge is 0.274 e. The quantitative estimate of drug-likeness (QED) is 0.768. The van der Waals surface area contributed by atoms with Gasteiger partial charge in [-0.15, -0.1) is 0 Å². The van der Waals surface area contributed by atoms with Gasteiger partial charge >= 0.3 is 11.8 Å². The maximum atomic E-state index is 14.0. The highest BCUT2D eigenvalue weighted by Gasteiger charge is 2.48. The molecular formula is C13H11F2NO3. The van der Waals surface area contributed by atoms with Crippen LogP contribution in [0, 0.1) is 0 Å². The molecule has 0 N–H and O–H groups in total. The topological polar surface area (TPSA) is 54.5 Å². The van der Waals surface area contributed by atoms with E-state index in [0.29, 0.717) is 6.42 Å². The van der Waals surface area contributed by atoms with E-state index >= 15 is 0 Å². The lowest BCUT2D eigenvalue weighted by Gasteiger charge is -2.26. The standard InChI is InChI=1S/C13H11F2NO3/c14-13(15,9-5-2-1-3-6-9)12(19)16-10(17)7-4-8-11(16)18/h1-3,5-6H,4,7-8H2. The number of halogens is 2. The van der Waals surface area contributed by atoms with Gasteiger partial charge in [0.1, 0.15) is 0 Å². The summed E-state index contributed by atoms with van der Waals surface area (Å²) < 4.78 is 28.0. The van der Waals surface area contributed by atoms with E-state index in [2.05, 4.69) is 0 Å². The molecule has 3 amide bonds. The second-order valence-corrected chi connectivity index (χ2v) is 4.22. The van der Waals surface area contributed by atoms with Gasteiger partial charge in [0.25, 0.3) is 0 Å². The van der Waals surface area contributed by atoms with Gasteiger partial charge in [0.05, 0.1) is 0 Å². The molecule has 1 fully saturated rings. The number of hydrogen-bond acceptors (Lipinski definition) is 3. The number of likely N-dealkylation sites (tertiary alicyclic amines) is 1. The summed E-state index contributed by atoms with van der Waals surface area (Å²) >= 11 is 0. The van der Waals surface area contributed by atoms with Crippen molar-refractivity contribution in [3.63, 3.8) is 0 Å². The Labute approximate surface area is 108 Å². The molecule has 1 heterocycles. The zero-order valence-electron chi connectivity index (χ0n) is 9.94. The van der Waals surface area contributed by atoms with Gasteiger partial charge in [0.15, 0.2) is 0 Å². The molecule has 19 heavy (non-hydrogen) atoms. The summed E-state index contributed by atoms with van der Waals surface area (Å²) in [6, 6.07) is 6.40. The summed E-state index contributed by atoms with van der Waals surface area (Å²) in [4.78, 5) is 34.8. The Morgan fingerprint density at radius 1 is 1.05 bits per heavy atom. The number of imide groups is 3. The fraction of sp³-hybridized carbons (Fsp3) is 0.308. The van der Waals surface area contributed by atoms with E-state index < -0.39 is 29.2 Å². The number of carbonyl (C=O) groups excluding carboxylic acids is 3. The Morgan fingerprint density at radius 2 is 1.58 bits per heavy atom. The fourth-order valence-corrected chi connectivity index (χ4v) is 1.89. The van der Waals surface area contributed by atoms with Gasteiger partial charge in [-0.25, -0.2) is 4.90 Å². The number of amides is 3. The van der Waals surface area contributed by atoms with Gasteiger partial charge in [-0.2, -0.15) is 8.78 Å². The van der Waals surface area contributed by atoms with Crippen molar-refractivity contribution < 1.29 is 23.2 Å². The highest BCUT2D eigenvalue weighted by molar-refractivity contribution is 6.14. The highest BCUT2D eigenvalue weighted by Crippen LogP contribution is 2.31. The predicted octanol–water partition coefficient (Wildman–Crippen LogP) is 1.84. The molecule has 6 heteroatoms. The number of benzene rings is 1. The average molecular weight is 267 g/mol. The Hall–Kier alpha value is -2.11. The van der Waals surface area contributed by atoms with Crippen molar-refractivity contribution in [1.82, 2.24) is 4.90 Å². The van der Waals surface area contributed by atoms with Crippen LogP contribution in [0.1, 0.15) is 24.8 Å². The fourth-order valence-electron chi connectivity index (χ4n) is 1.89. The number of hydrogen-bond donors (Lipinski definition) is 0. The van der Waals surface area contributed by atoms with Gasteiger partial charge in [-0.05, 0) is 6.42 Å². The molecule has 0 unspecified atom stereocenters. The average Bonchev–Trinajstić information content (AvgIpc) is 2.39. The lowest BCUT2D eigenvalue weighted by atomic mass is 10.0. The van der Waals surface area contributed by atoms with Gasteiger partial charge in [-0.1, -0.05) is 30.3 Å². The Balaban J connectivity index is 2.32. The third-order valence-electron chi connectivity index (χ3n) is 2.89. The van der Waals surface area contributed by atoms with E-state index in [0.717, 1.165) is 12.1 Å². The van der Waals surface area contributed by atoms with E-state index in [1.165, 1.54) is 18.2 Å². The molecule has 2 rings (SSSR count). The summed E-state index contributed by atoms with van der Waals surface area (Å²) in [6.07, 6.45) is 0.156. The normalized spacial score (nSPS) is 16.6. The van der Waals surface area contributed by atoms with Crippen molar-refractivity contribution in [2.75, 3.05) is 0 Å². The van der Waals surface area contributed by atoms with Crippen LogP contribution in [0.25, 0.3) is 0 Å². The van der Waals surface area contributed by atoms with Gasteiger partial charge in [-0.3, -0.25) is 14.4 Å². The van der Waals surface area contributed by atoms with Crippen molar-refractivity contribution in [3.05, 3.63) is 35.9 Å². The van der Waals surface area contributed by atoms with Gasteiger partial charge < -0.3 is 0 Å². The molecule has 4 nitrogen and oxygen atoms in total. The van der Waals surface area contributed by atoms with Crippen LogP contribution in [0.3, 0.4) is 0 Å². The molecule has 100 valence electrons. The molecule has 1 aromatic carbocycles. The van der Waals surface area contributed by atoms with Crippen LogP contribution in [0.5, 0.6) is 0 Å². The van der Waals surface area contributed by atoms with Crippen LogP contribution in [-0.2, 0) is 20.3 Å². The largest absolute Gasteiger partial charge is 0.350 e. The maximum Gasteiger partial charge on any atom is 0.350 e. The van der Waals surface area contributed by atoms with E-state index in [-0.39, 0.29) is 17.7 Å². The number of nitrogens with zero attached hydrogens (tertiary/aromatic N) is 1. The first kappa shape index (κ1) is 13.3. The van der Waals surface area contributed by atoms with Crippen LogP contribution < -0.4 is 0 Å². The van der Waals surface area contributed by atoms with Crippen LogP contribution in [0.15, 0.2) is 30.3 Å². The molecule has 1 aliphatic heterocycles. The second kappa shape index (κ2) is 4.87. The number of piperidine rings is 1. The second-order valence-electron chi connectivity index (χ2n) is 4.22. The van der Waals surface area contributed by atoms with E-state index in [1.807, 2.05) is 0 Å². The molecule has 1 aromatic rings. The highest BCUT2D eigenvalue weighted by atomic mass is 19.3. The summed E-state index contributed by atoms with van der Waals surface area (Å²) in [5, 5.41) is 0. The summed E-state index contributed by atoms with van der Waals surface area (Å²) in [6.45, 7) is 0. The van der Waals surface area contributed by atoms with Crippen molar-refractivity contribution in [2.45, 2.75) is 25.2 Å². The van der Waals surface area contributed by atoms with Crippen molar-refractivity contribution >= 4 is 17.7 Å². The lowest BCUT2D eigenvalue weighted by molar-refractivity contribution is -0.171. The molecule has 0 atom stereocenters. The maximum absolute atomic E-state index is 14.0. The minimum absolute atomic E-state index is 0.0671. The van der Waals surface area contributed by atoms with E-state index in [9.17, 15) is 23.2 Å². The summed E-state index contributed by atoms with van der Waals surface area (Å²) in [7, 11) is 0. The summed E-state index contributed by atoms with van der Waals surface area (Å²) in [5.41, 5.74) is -0.536.